The number of phenolic OH excluding ortho intramolecular Hbond substituents is 3. The molecule has 0 bridgehead atoms. The van der Waals surface area contributed by atoms with Gasteiger partial charge in [-0.3, -0.25) is 4.79 Å². The van der Waals surface area contributed by atoms with Gasteiger partial charge in [0.25, 0.3) is 0 Å². The Labute approximate surface area is 184 Å². The molecule has 5 rings (SSSR count). The summed E-state index contributed by atoms with van der Waals surface area (Å²) in [6, 6.07) is 4.07. The first kappa shape index (κ1) is 20.3. The van der Waals surface area contributed by atoms with E-state index in [0.717, 1.165) is 0 Å². The van der Waals surface area contributed by atoms with E-state index >= 15 is 0 Å². The number of ether oxygens (including phenoxy) is 2. The molecule has 3 heterocycles. The minimum atomic E-state index is -0.582. The monoisotopic (exact) mass is 436 g/mol. The Hall–Kier alpha value is -3.61. The standard InChI is InChI=1S/C25H24O7/c1-24(2)7-5-12-18(31-24)11-19-20(22(12)29)15(26)10-17(30-19)14-9-16(27)23-13(21(14)28)6-8-25(3,4)32-23/h5,7,9-11,27-29H,6,8H2,1-4H3. The Balaban J connectivity index is 1.71. The number of rotatable bonds is 1. The van der Waals surface area contributed by atoms with Crippen LogP contribution in [-0.2, 0) is 6.42 Å². The summed E-state index contributed by atoms with van der Waals surface area (Å²) >= 11 is 0. The van der Waals surface area contributed by atoms with Crippen LogP contribution < -0.4 is 14.9 Å². The fourth-order valence-electron chi connectivity index (χ4n) is 4.26. The van der Waals surface area contributed by atoms with Crippen LogP contribution in [0.25, 0.3) is 28.4 Å². The molecule has 0 unspecified atom stereocenters. The van der Waals surface area contributed by atoms with Gasteiger partial charge in [-0.1, -0.05) is 0 Å². The largest absolute Gasteiger partial charge is 0.507 e. The van der Waals surface area contributed by atoms with Gasteiger partial charge in [0.05, 0.1) is 11.1 Å². The third-order valence-electron chi connectivity index (χ3n) is 5.97. The van der Waals surface area contributed by atoms with Gasteiger partial charge in [-0.05, 0) is 58.8 Å². The molecule has 2 aliphatic rings. The molecule has 32 heavy (non-hydrogen) atoms. The van der Waals surface area contributed by atoms with E-state index in [-0.39, 0.29) is 45.3 Å². The lowest BCUT2D eigenvalue weighted by molar-refractivity contribution is 0.0796. The maximum atomic E-state index is 12.9. The van der Waals surface area contributed by atoms with Crippen LogP contribution in [0.2, 0.25) is 0 Å². The second-order valence-corrected chi connectivity index (χ2v) is 9.49. The first-order valence-electron chi connectivity index (χ1n) is 10.4. The molecule has 0 saturated heterocycles. The van der Waals surface area contributed by atoms with E-state index in [9.17, 15) is 20.1 Å². The van der Waals surface area contributed by atoms with Crippen molar-refractivity contribution in [3.63, 3.8) is 0 Å². The molecule has 7 nitrogen and oxygen atoms in total. The minimum absolute atomic E-state index is 0.0206. The first-order chi connectivity index (χ1) is 15.0. The highest BCUT2D eigenvalue weighted by atomic mass is 16.5. The Kier molecular flexibility index (Phi) is 4.09. The summed E-state index contributed by atoms with van der Waals surface area (Å²) in [5.41, 5.74) is -0.371. The van der Waals surface area contributed by atoms with Gasteiger partial charge in [-0.2, -0.15) is 0 Å². The zero-order valence-corrected chi connectivity index (χ0v) is 18.3. The lowest BCUT2D eigenvalue weighted by atomic mass is 9.91. The molecule has 0 fully saturated rings. The van der Waals surface area contributed by atoms with Crippen molar-refractivity contribution in [3.8, 4) is 40.1 Å². The molecular formula is C25H24O7. The van der Waals surface area contributed by atoms with Crippen LogP contribution in [0, 0.1) is 0 Å². The van der Waals surface area contributed by atoms with Gasteiger partial charge in [0, 0.05) is 17.7 Å². The number of hydrogen-bond donors (Lipinski definition) is 3. The zero-order valence-electron chi connectivity index (χ0n) is 18.3. The Bertz CT molecular complexity index is 1380. The predicted octanol–water partition coefficient (Wildman–Crippen LogP) is 4.86. The van der Waals surface area contributed by atoms with Gasteiger partial charge >= 0.3 is 0 Å². The van der Waals surface area contributed by atoms with Gasteiger partial charge in [0.1, 0.15) is 45.2 Å². The van der Waals surface area contributed by atoms with E-state index < -0.39 is 16.6 Å². The fourth-order valence-corrected chi connectivity index (χ4v) is 4.26. The maximum absolute atomic E-state index is 12.9. The molecule has 3 aromatic rings. The molecule has 0 aliphatic carbocycles. The second kappa shape index (κ2) is 6.45. The average Bonchev–Trinajstić information content (AvgIpc) is 2.68. The van der Waals surface area contributed by atoms with Crippen molar-refractivity contribution in [2.75, 3.05) is 0 Å². The van der Waals surface area contributed by atoms with E-state index in [1.807, 2.05) is 27.7 Å². The summed E-state index contributed by atoms with van der Waals surface area (Å²) in [4.78, 5) is 12.9. The van der Waals surface area contributed by atoms with Crippen LogP contribution in [0.1, 0.15) is 45.2 Å². The van der Waals surface area contributed by atoms with Gasteiger partial charge in [-0.25, -0.2) is 0 Å². The highest BCUT2D eigenvalue weighted by molar-refractivity contribution is 5.92. The normalized spacial score (nSPS) is 17.9. The van der Waals surface area contributed by atoms with Crippen molar-refractivity contribution < 1.29 is 29.2 Å². The summed E-state index contributed by atoms with van der Waals surface area (Å²) in [7, 11) is 0. The smallest absolute Gasteiger partial charge is 0.197 e. The van der Waals surface area contributed by atoms with Gasteiger partial charge < -0.3 is 29.2 Å². The van der Waals surface area contributed by atoms with Crippen molar-refractivity contribution >= 4 is 17.0 Å². The van der Waals surface area contributed by atoms with E-state index in [4.69, 9.17) is 13.9 Å². The van der Waals surface area contributed by atoms with Gasteiger partial charge in [0.2, 0.25) is 0 Å². The Morgan fingerprint density at radius 3 is 2.47 bits per heavy atom. The van der Waals surface area contributed by atoms with Crippen molar-refractivity contribution in [2.24, 2.45) is 0 Å². The summed E-state index contributed by atoms with van der Waals surface area (Å²) in [5, 5.41) is 32.2. The fraction of sp³-hybridized carbons (Fsp3) is 0.320. The van der Waals surface area contributed by atoms with E-state index in [1.165, 1.54) is 12.1 Å². The van der Waals surface area contributed by atoms with Crippen LogP contribution in [0.3, 0.4) is 0 Å². The van der Waals surface area contributed by atoms with Crippen LogP contribution in [-0.4, -0.2) is 26.5 Å². The molecule has 7 heteroatoms. The molecule has 0 atom stereocenters. The summed E-state index contributed by atoms with van der Waals surface area (Å²) in [6.45, 7) is 7.57. The Morgan fingerprint density at radius 1 is 0.969 bits per heavy atom. The highest BCUT2D eigenvalue weighted by Gasteiger charge is 2.33. The lowest BCUT2D eigenvalue weighted by Crippen LogP contribution is -2.32. The van der Waals surface area contributed by atoms with E-state index in [1.54, 1.807) is 18.2 Å². The Morgan fingerprint density at radius 2 is 1.72 bits per heavy atom. The molecular weight excluding hydrogens is 412 g/mol. The second-order valence-electron chi connectivity index (χ2n) is 9.49. The summed E-state index contributed by atoms with van der Waals surface area (Å²) in [6.07, 6.45) is 4.67. The van der Waals surface area contributed by atoms with Gasteiger partial charge in [0.15, 0.2) is 16.9 Å². The zero-order chi connectivity index (χ0) is 23.0. The highest BCUT2D eigenvalue weighted by Crippen LogP contribution is 2.49. The van der Waals surface area contributed by atoms with Crippen LogP contribution in [0.15, 0.2) is 33.5 Å². The predicted molar refractivity (Wildman–Crippen MR) is 120 cm³/mol. The number of benzene rings is 2. The molecule has 1 aromatic heterocycles. The molecule has 166 valence electrons. The molecule has 0 amide bonds. The van der Waals surface area contributed by atoms with Crippen LogP contribution in [0.5, 0.6) is 28.7 Å². The van der Waals surface area contributed by atoms with Crippen molar-refractivity contribution in [2.45, 2.75) is 51.7 Å². The number of hydrogen-bond acceptors (Lipinski definition) is 7. The first-order valence-corrected chi connectivity index (χ1v) is 10.4. The average molecular weight is 436 g/mol. The quantitative estimate of drug-likeness (QED) is 0.467. The minimum Gasteiger partial charge on any atom is -0.507 e. The van der Waals surface area contributed by atoms with Crippen LogP contribution >= 0.6 is 0 Å². The third-order valence-corrected chi connectivity index (χ3v) is 5.97. The summed E-state index contributed by atoms with van der Waals surface area (Å²) < 4.78 is 17.7. The molecule has 3 N–H and O–H groups in total. The number of phenols is 3. The topological polar surface area (TPSA) is 109 Å². The third kappa shape index (κ3) is 3.07. The maximum Gasteiger partial charge on any atom is 0.197 e. The van der Waals surface area contributed by atoms with Crippen LogP contribution in [0.4, 0.5) is 0 Å². The summed E-state index contributed by atoms with van der Waals surface area (Å²) in [5.74, 6) is 0.200. The van der Waals surface area contributed by atoms with Crippen molar-refractivity contribution in [1.82, 2.24) is 0 Å². The number of fused-ring (bicyclic) bond motifs is 3. The molecule has 0 radical (unpaired) electrons. The van der Waals surface area contributed by atoms with E-state index in [2.05, 4.69) is 0 Å². The molecule has 0 spiro atoms. The molecule has 2 aliphatic heterocycles. The lowest BCUT2D eigenvalue weighted by Gasteiger charge is -2.33. The SMILES string of the molecule is CC1(C)C=Cc2c(cc3oc(-c4cc(O)c5c(c4O)CCC(C)(C)O5)cc(=O)c3c2O)O1. The molecule has 2 aromatic carbocycles. The molecule has 0 saturated carbocycles. The van der Waals surface area contributed by atoms with Crippen molar-refractivity contribution in [1.29, 1.82) is 0 Å². The van der Waals surface area contributed by atoms with Crippen molar-refractivity contribution in [3.05, 3.63) is 45.6 Å². The van der Waals surface area contributed by atoms with E-state index in [0.29, 0.717) is 29.7 Å². The van der Waals surface area contributed by atoms with Gasteiger partial charge in [-0.15, -0.1) is 0 Å². The number of aromatic hydroxyl groups is 3.